The van der Waals surface area contributed by atoms with Crippen LogP contribution < -0.4 is 9.47 Å². The highest BCUT2D eigenvalue weighted by atomic mass is 16.5. The molecule has 0 radical (unpaired) electrons. The number of aromatic nitrogens is 2. The number of aryl methyl sites for hydroxylation is 1. The van der Waals surface area contributed by atoms with Gasteiger partial charge in [0, 0.05) is 5.56 Å². The number of imidazole rings is 1. The summed E-state index contributed by atoms with van der Waals surface area (Å²) in [4.78, 5) is 17.3. The second-order valence-corrected chi connectivity index (χ2v) is 4.86. The lowest BCUT2D eigenvalue weighted by atomic mass is 10.2. The number of nitrogens with zero attached hydrogens (tertiary/aromatic N) is 2. The first-order chi connectivity index (χ1) is 10.7. The molecule has 112 valence electrons. The van der Waals surface area contributed by atoms with E-state index in [4.69, 9.17) is 9.47 Å². The quantitative estimate of drug-likeness (QED) is 0.745. The zero-order valence-electron chi connectivity index (χ0n) is 12.7. The maximum absolute atomic E-state index is 12.8. The van der Waals surface area contributed by atoms with Crippen molar-refractivity contribution in [3.8, 4) is 11.5 Å². The Morgan fingerprint density at radius 1 is 1.05 bits per heavy atom. The minimum atomic E-state index is -0.146. The topological polar surface area (TPSA) is 53.4 Å². The maximum Gasteiger partial charge on any atom is 0.263 e. The lowest BCUT2D eigenvalue weighted by molar-refractivity contribution is 0.0962. The Hall–Kier alpha value is -2.82. The monoisotopic (exact) mass is 296 g/mol. The van der Waals surface area contributed by atoms with Crippen molar-refractivity contribution in [2.75, 3.05) is 14.2 Å². The van der Waals surface area contributed by atoms with Gasteiger partial charge in [-0.05, 0) is 37.3 Å². The van der Waals surface area contributed by atoms with Crippen molar-refractivity contribution in [3.63, 3.8) is 0 Å². The van der Waals surface area contributed by atoms with Crippen molar-refractivity contribution in [2.24, 2.45) is 0 Å². The summed E-state index contributed by atoms with van der Waals surface area (Å²) in [6.45, 7) is 1.82. The Kier molecular flexibility index (Phi) is 3.55. The van der Waals surface area contributed by atoms with Crippen LogP contribution in [0.4, 0.5) is 0 Å². The van der Waals surface area contributed by atoms with E-state index in [1.54, 1.807) is 37.0 Å². The van der Waals surface area contributed by atoms with Gasteiger partial charge in [-0.1, -0.05) is 12.1 Å². The molecular formula is C17H16N2O3. The number of para-hydroxylation sites is 2. The third-order valence-electron chi connectivity index (χ3n) is 3.56. The normalized spacial score (nSPS) is 10.7. The van der Waals surface area contributed by atoms with E-state index < -0.39 is 0 Å². The van der Waals surface area contributed by atoms with Gasteiger partial charge in [0.25, 0.3) is 5.91 Å². The van der Waals surface area contributed by atoms with Gasteiger partial charge in [0.2, 0.25) is 0 Å². The van der Waals surface area contributed by atoms with Gasteiger partial charge in [0.05, 0.1) is 25.3 Å². The number of carbonyl (C=O) groups excluding carboxylic acids is 1. The molecule has 0 N–H and O–H groups in total. The Morgan fingerprint density at radius 2 is 1.77 bits per heavy atom. The molecule has 0 atom stereocenters. The fourth-order valence-electron chi connectivity index (χ4n) is 2.50. The fraction of sp³-hybridized carbons (Fsp3) is 0.176. The predicted molar refractivity (Wildman–Crippen MR) is 83.7 cm³/mol. The summed E-state index contributed by atoms with van der Waals surface area (Å²) in [6, 6.07) is 12.7. The second-order valence-electron chi connectivity index (χ2n) is 4.86. The summed E-state index contributed by atoms with van der Waals surface area (Å²) in [7, 11) is 3.11. The zero-order valence-corrected chi connectivity index (χ0v) is 12.7. The SMILES string of the molecule is COc1ccc(C(=O)n2c(C)nc3ccccc32)cc1OC. The van der Waals surface area contributed by atoms with Crippen molar-refractivity contribution >= 4 is 16.9 Å². The number of benzene rings is 2. The average molecular weight is 296 g/mol. The molecule has 1 heterocycles. The molecule has 0 amide bonds. The number of ether oxygens (including phenoxy) is 2. The molecule has 0 aliphatic rings. The van der Waals surface area contributed by atoms with E-state index in [1.807, 2.05) is 31.2 Å². The van der Waals surface area contributed by atoms with E-state index in [1.165, 1.54) is 0 Å². The van der Waals surface area contributed by atoms with Gasteiger partial charge in [-0.3, -0.25) is 9.36 Å². The molecule has 3 rings (SSSR count). The summed E-state index contributed by atoms with van der Waals surface area (Å²) >= 11 is 0. The number of carbonyl (C=O) groups is 1. The van der Waals surface area contributed by atoms with Crippen molar-refractivity contribution in [1.29, 1.82) is 0 Å². The molecule has 0 saturated carbocycles. The van der Waals surface area contributed by atoms with Crippen LogP contribution in [0.3, 0.4) is 0 Å². The van der Waals surface area contributed by atoms with E-state index in [0.29, 0.717) is 22.9 Å². The van der Waals surface area contributed by atoms with Crippen LogP contribution in [0.25, 0.3) is 11.0 Å². The molecule has 22 heavy (non-hydrogen) atoms. The van der Waals surface area contributed by atoms with Gasteiger partial charge in [-0.15, -0.1) is 0 Å². The molecule has 0 aliphatic heterocycles. The molecular weight excluding hydrogens is 280 g/mol. The van der Waals surface area contributed by atoms with Crippen LogP contribution in [0.2, 0.25) is 0 Å². The molecule has 5 nitrogen and oxygen atoms in total. The van der Waals surface area contributed by atoms with Crippen molar-refractivity contribution in [2.45, 2.75) is 6.92 Å². The number of fused-ring (bicyclic) bond motifs is 1. The highest BCUT2D eigenvalue weighted by Crippen LogP contribution is 2.28. The predicted octanol–water partition coefficient (Wildman–Crippen LogP) is 3.05. The summed E-state index contributed by atoms with van der Waals surface area (Å²) in [5, 5.41) is 0. The van der Waals surface area contributed by atoms with E-state index >= 15 is 0 Å². The number of hydrogen-bond acceptors (Lipinski definition) is 4. The van der Waals surface area contributed by atoms with Crippen LogP contribution in [-0.2, 0) is 0 Å². The smallest absolute Gasteiger partial charge is 0.263 e. The molecule has 0 saturated heterocycles. The lowest BCUT2D eigenvalue weighted by Gasteiger charge is -2.10. The first-order valence-electron chi connectivity index (χ1n) is 6.86. The number of rotatable bonds is 3. The third-order valence-corrected chi connectivity index (χ3v) is 3.56. The van der Waals surface area contributed by atoms with Crippen molar-refractivity contribution < 1.29 is 14.3 Å². The van der Waals surface area contributed by atoms with Gasteiger partial charge >= 0.3 is 0 Å². The molecule has 0 spiro atoms. The first-order valence-corrected chi connectivity index (χ1v) is 6.86. The highest BCUT2D eigenvalue weighted by molar-refractivity contribution is 6.02. The molecule has 0 unspecified atom stereocenters. The number of hydrogen-bond donors (Lipinski definition) is 0. The average Bonchev–Trinajstić information content (AvgIpc) is 2.89. The van der Waals surface area contributed by atoms with Gasteiger partial charge < -0.3 is 9.47 Å². The largest absolute Gasteiger partial charge is 0.493 e. The van der Waals surface area contributed by atoms with Gasteiger partial charge in [-0.2, -0.15) is 0 Å². The van der Waals surface area contributed by atoms with Crippen LogP contribution in [0.15, 0.2) is 42.5 Å². The molecule has 0 fully saturated rings. The van der Waals surface area contributed by atoms with Crippen LogP contribution in [0.5, 0.6) is 11.5 Å². The second kappa shape index (κ2) is 5.52. The Labute approximate surface area is 128 Å². The lowest BCUT2D eigenvalue weighted by Crippen LogP contribution is -2.13. The minimum Gasteiger partial charge on any atom is -0.493 e. The molecule has 2 aromatic carbocycles. The summed E-state index contributed by atoms with van der Waals surface area (Å²) in [6.07, 6.45) is 0. The summed E-state index contributed by atoms with van der Waals surface area (Å²) in [5.74, 6) is 1.62. The fourth-order valence-corrected chi connectivity index (χ4v) is 2.50. The van der Waals surface area contributed by atoms with Crippen molar-refractivity contribution in [3.05, 3.63) is 53.9 Å². The molecule has 1 aromatic heterocycles. The standard InChI is InChI=1S/C17H16N2O3/c1-11-18-13-6-4-5-7-14(13)19(11)17(20)12-8-9-15(21-2)16(10-12)22-3/h4-10H,1-3H3. The van der Waals surface area contributed by atoms with Gasteiger partial charge in [0.1, 0.15) is 5.82 Å². The van der Waals surface area contributed by atoms with E-state index in [0.717, 1.165) is 11.0 Å². The van der Waals surface area contributed by atoms with Gasteiger partial charge in [-0.25, -0.2) is 4.98 Å². The van der Waals surface area contributed by atoms with E-state index in [9.17, 15) is 4.79 Å². The van der Waals surface area contributed by atoms with Crippen LogP contribution in [0, 0.1) is 6.92 Å². The highest BCUT2D eigenvalue weighted by Gasteiger charge is 2.17. The van der Waals surface area contributed by atoms with Crippen LogP contribution >= 0.6 is 0 Å². The summed E-state index contributed by atoms with van der Waals surface area (Å²) < 4.78 is 12.1. The molecule has 3 aromatic rings. The van der Waals surface area contributed by atoms with Crippen molar-refractivity contribution in [1.82, 2.24) is 9.55 Å². The minimum absolute atomic E-state index is 0.146. The van der Waals surface area contributed by atoms with Crippen LogP contribution in [-0.4, -0.2) is 29.7 Å². The van der Waals surface area contributed by atoms with E-state index in [-0.39, 0.29) is 5.91 Å². The molecule has 5 heteroatoms. The van der Waals surface area contributed by atoms with E-state index in [2.05, 4.69) is 4.98 Å². The number of methoxy groups -OCH3 is 2. The molecule has 0 aliphatic carbocycles. The Balaban J connectivity index is 2.12. The van der Waals surface area contributed by atoms with Gasteiger partial charge in [0.15, 0.2) is 11.5 Å². The zero-order chi connectivity index (χ0) is 15.7. The Morgan fingerprint density at radius 3 is 2.50 bits per heavy atom. The third kappa shape index (κ3) is 2.20. The van der Waals surface area contributed by atoms with Crippen LogP contribution in [0.1, 0.15) is 16.2 Å². The summed E-state index contributed by atoms with van der Waals surface area (Å²) in [5.41, 5.74) is 2.11. The first kappa shape index (κ1) is 14.1. The Bertz CT molecular complexity index is 852. The molecule has 0 bridgehead atoms. The maximum atomic E-state index is 12.8.